The first-order valence-corrected chi connectivity index (χ1v) is 5.86. The normalized spacial score (nSPS) is 11.6. The third-order valence-electron chi connectivity index (χ3n) is 2.75. The third-order valence-corrected chi connectivity index (χ3v) is 2.75. The summed E-state index contributed by atoms with van der Waals surface area (Å²) in [5.74, 6) is -1.05. The van der Waals surface area contributed by atoms with Crippen molar-refractivity contribution in [3.8, 4) is 0 Å². The molecule has 2 rings (SSSR count). The van der Waals surface area contributed by atoms with Gasteiger partial charge in [0.2, 0.25) is 0 Å². The van der Waals surface area contributed by atoms with Crippen LogP contribution < -0.4 is 5.32 Å². The second-order valence-electron chi connectivity index (χ2n) is 4.13. The average molecular weight is 272 g/mol. The minimum absolute atomic E-state index is 0.0906. The summed E-state index contributed by atoms with van der Waals surface area (Å²) in [6.45, 7) is 0. The standard InChI is InChI=1S/C14H12N2O4/c17-14(18)13(10-5-2-1-3-6-10)15-11-7-4-8-12(9-11)16(19)20/h1-9,13,15H,(H,17,18). The molecule has 0 spiro atoms. The van der Waals surface area contributed by atoms with Crippen LogP contribution in [-0.4, -0.2) is 16.0 Å². The van der Waals surface area contributed by atoms with Crippen molar-refractivity contribution in [3.63, 3.8) is 0 Å². The second kappa shape index (κ2) is 5.83. The molecule has 1 unspecified atom stereocenters. The van der Waals surface area contributed by atoms with E-state index >= 15 is 0 Å². The minimum atomic E-state index is -1.05. The van der Waals surface area contributed by atoms with E-state index in [1.54, 1.807) is 36.4 Å². The van der Waals surface area contributed by atoms with Crippen molar-refractivity contribution < 1.29 is 14.8 Å². The molecule has 0 aromatic heterocycles. The van der Waals surface area contributed by atoms with Crippen LogP contribution in [-0.2, 0) is 4.79 Å². The number of hydrogen-bond donors (Lipinski definition) is 2. The summed E-state index contributed by atoms with van der Waals surface area (Å²) in [4.78, 5) is 21.5. The van der Waals surface area contributed by atoms with Gasteiger partial charge in [0.1, 0.15) is 0 Å². The zero-order valence-corrected chi connectivity index (χ0v) is 10.4. The Morgan fingerprint density at radius 1 is 1.15 bits per heavy atom. The highest BCUT2D eigenvalue weighted by molar-refractivity contribution is 5.79. The number of carboxylic acids is 1. The fourth-order valence-electron chi connectivity index (χ4n) is 1.81. The second-order valence-corrected chi connectivity index (χ2v) is 4.13. The SMILES string of the molecule is O=C(O)C(Nc1cccc([N+](=O)[O-])c1)c1ccccc1. The summed E-state index contributed by atoms with van der Waals surface area (Å²) >= 11 is 0. The van der Waals surface area contributed by atoms with Gasteiger partial charge in [-0.1, -0.05) is 36.4 Å². The molecular weight excluding hydrogens is 260 g/mol. The van der Waals surface area contributed by atoms with Gasteiger partial charge in [0.05, 0.1) is 4.92 Å². The van der Waals surface area contributed by atoms with Crippen molar-refractivity contribution in [2.75, 3.05) is 5.32 Å². The fraction of sp³-hybridized carbons (Fsp3) is 0.0714. The lowest BCUT2D eigenvalue weighted by atomic mass is 10.1. The number of carboxylic acid groups (broad SMARTS) is 1. The van der Waals surface area contributed by atoms with Crippen LogP contribution in [0.25, 0.3) is 0 Å². The third kappa shape index (κ3) is 3.11. The van der Waals surface area contributed by atoms with Crippen molar-refractivity contribution in [2.24, 2.45) is 0 Å². The Hall–Kier alpha value is -2.89. The van der Waals surface area contributed by atoms with Gasteiger partial charge in [-0.3, -0.25) is 10.1 Å². The van der Waals surface area contributed by atoms with Crippen LogP contribution >= 0.6 is 0 Å². The average Bonchev–Trinajstić information content (AvgIpc) is 2.45. The first kappa shape index (κ1) is 13.5. The molecule has 0 aliphatic rings. The number of non-ortho nitro benzene ring substituents is 1. The van der Waals surface area contributed by atoms with Crippen molar-refractivity contribution in [1.29, 1.82) is 0 Å². The molecule has 20 heavy (non-hydrogen) atoms. The molecule has 0 heterocycles. The Morgan fingerprint density at radius 3 is 2.45 bits per heavy atom. The van der Waals surface area contributed by atoms with E-state index in [1.807, 2.05) is 0 Å². The monoisotopic (exact) mass is 272 g/mol. The summed E-state index contributed by atoms with van der Waals surface area (Å²) in [5, 5.41) is 22.8. The number of nitrogens with zero attached hydrogens (tertiary/aromatic N) is 1. The molecular formula is C14H12N2O4. The molecule has 0 fully saturated rings. The molecule has 6 nitrogen and oxygen atoms in total. The van der Waals surface area contributed by atoms with Crippen molar-refractivity contribution in [3.05, 3.63) is 70.3 Å². The number of nitrogens with one attached hydrogen (secondary N) is 1. The van der Waals surface area contributed by atoms with Crippen LogP contribution in [0, 0.1) is 10.1 Å². The smallest absolute Gasteiger partial charge is 0.330 e. The number of aliphatic carboxylic acids is 1. The highest BCUT2D eigenvalue weighted by Gasteiger charge is 2.19. The Morgan fingerprint density at radius 2 is 1.85 bits per heavy atom. The summed E-state index contributed by atoms with van der Waals surface area (Å²) in [5.41, 5.74) is 0.870. The lowest BCUT2D eigenvalue weighted by molar-refractivity contribution is -0.384. The van der Waals surface area contributed by atoms with E-state index in [0.29, 0.717) is 11.3 Å². The Balaban J connectivity index is 2.27. The van der Waals surface area contributed by atoms with Gasteiger partial charge in [-0.25, -0.2) is 4.79 Å². The van der Waals surface area contributed by atoms with Crippen LogP contribution in [0.5, 0.6) is 0 Å². The lowest BCUT2D eigenvalue weighted by Gasteiger charge is -2.15. The summed E-state index contributed by atoms with van der Waals surface area (Å²) in [7, 11) is 0. The quantitative estimate of drug-likeness (QED) is 0.645. The summed E-state index contributed by atoms with van der Waals surface area (Å²) < 4.78 is 0. The summed E-state index contributed by atoms with van der Waals surface area (Å²) in [6, 6.07) is 13.4. The highest BCUT2D eigenvalue weighted by Crippen LogP contribution is 2.23. The van der Waals surface area contributed by atoms with E-state index in [-0.39, 0.29) is 5.69 Å². The largest absolute Gasteiger partial charge is 0.479 e. The zero-order valence-electron chi connectivity index (χ0n) is 10.4. The van der Waals surface area contributed by atoms with E-state index in [9.17, 15) is 20.0 Å². The number of carbonyl (C=O) groups is 1. The van der Waals surface area contributed by atoms with Gasteiger partial charge < -0.3 is 10.4 Å². The number of anilines is 1. The molecule has 2 aromatic carbocycles. The maximum atomic E-state index is 11.3. The minimum Gasteiger partial charge on any atom is -0.479 e. The van der Waals surface area contributed by atoms with Gasteiger partial charge in [0.15, 0.2) is 6.04 Å². The van der Waals surface area contributed by atoms with Crippen LogP contribution in [0.4, 0.5) is 11.4 Å². The molecule has 2 aromatic rings. The molecule has 1 atom stereocenters. The van der Waals surface area contributed by atoms with Crippen molar-refractivity contribution in [2.45, 2.75) is 6.04 Å². The maximum absolute atomic E-state index is 11.3. The van der Waals surface area contributed by atoms with E-state index in [2.05, 4.69) is 5.32 Å². The van der Waals surface area contributed by atoms with E-state index in [4.69, 9.17) is 0 Å². The first-order valence-electron chi connectivity index (χ1n) is 5.86. The molecule has 0 radical (unpaired) electrons. The van der Waals surface area contributed by atoms with Crippen LogP contribution in [0.2, 0.25) is 0 Å². The van der Waals surface area contributed by atoms with Crippen LogP contribution in [0.1, 0.15) is 11.6 Å². The van der Waals surface area contributed by atoms with Gasteiger partial charge in [-0.05, 0) is 11.6 Å². The first-order chi connectivity index (χ1) is 9.58. The molecule has 0 aliphatic carbocycles. The molecule has 0 saturated heterocycles. The maximum Gasteiger partial charge on any atom is 0.330 e. The predicted molar refractivity (Wildman–Crippen MR) is 73.5 cm³/mol. The van der Waals surface area contributed by atoms with Crippen molar-refractivity contribution >= 4 is 17.3 Å². The highest BCUT2D eigenvalue weighted by atomic mass is 16.6. The van der Waals surface area contributed by atoms with Gasteiger partial charge in [-0.2, -0.15) is 0 Å². The zero-order chi connectivity index (χ0) is 14.5. The van der Waals surface area contributed by atoms with Crippen LogP contribution in [0.15, 0.2) is 54.6 Å². The number of nitro groups is 1. The van der Waals surface area contributed by atoms with Crippen LogP contribution in [0.3, 0.4) is 0 Å². The molecule has 0 aliphatic heterocycles. The summed E-state index contributed by atoms with van der Waals surface area (Å²) in [6.07, 6.45) is 0. The number of rotatable bonds is 5. The van der Waals surface area contributed by atoms with Crippen molar-refractivity contribution in [1.82, 2.24) is 0 Å². The Kier molecular flexibility index (Phi) is 3.95. The van der Waals surface area contributed by atoms with Gasteiger partial charge in [0, 0.05) is 17.8 Å². The molecule has 0 saturated carbocycles. The number of benzene rings is 2. The van der Waals surface area contributed by atoms with Gasteiger partial charge >= 0.3 is 5.97 Å². The molecule has 2 N–H and O–H groups in total. The molecule has 0 bridgehead atoms. The predicted octanol–water partition coefficient (Wildman–Crippen LogP) is 2.83. The number of hydrogen-bond acceptors (Lipinski definition) is 4. The van der Waals surface area contributed by atoms with E-state index in [1.165, 1.54) is 18.2 Å². The molecule has 0 amide bonds. The van der Waals surface area contributed by atoms with Gasteiger partial charge in [0.25, 0.3) is 5.69 Å². The molecule has 102 valence electrons. The Labute approximate surface area is 114 Å². The van der Waals surface area contributed by atoms with E-state index in [0.717, 1.165) is 0 Å². The lowest BCUT2D eigenvalue weighted by Crippen LogP contribution is -2.20. The number of nitro benzene ring substituents is 1. The fourth-order valence-corrected chi connectivity index (χ4v) is 1.81. The van der Waals surface area contributed by atoms with Gasteiger partial charge in [-0.15, -0.1) is 0 Å². The topological polar surface area (TPSA) is 92.5 Å². The van der Waals surface area contributed by atoms with E-state index < -0.39 is 16.9 Å². The molecule has 6 heteroatoms. The Bertz CT molecular complexity index is 628.